The molecule has 0 bridgehead atoms. The van der Waals surface area contributed by atoms with Crippen LogP contribution in [0.1, 0.15) is 37.4 Å². The van der Waals surface area contributed by atoms with Crippen LogP contribution in [-0.4, -0.2) is 16.5 Å². The largest absolute Gasteiger partial charge is 0.417 e. The minimum atomic E-state index is 0.263. The van der Waals surface area contributed by atoms with Crippen LogP contribution in [0.2, 0.25) is 0 Å². The van der Waals surface area contributed by atoms with Crippen molar-refractivity contribution in [2.24, 2.45) is 0 Å². The van der Waals surface area contributed by atoms with Gasteiger partial charge in [0.1, 0.15) is 6.26 Å². The Morgan fingerprint density at radius 3 is 2.85 bits per heavy atom. The van der Waals surface area contributed by atoms with Crippen molar-refractivity contribution in [3.05, 3.63) is 35.5 Å². The predicted octanol–water partition coefficient (Wildman–Crippen LogP) is 3.23. The van der Waals surface area contributed by atoms with Gasteiger partial charge in [-0.2, -0.15) is 4.98 Å². The molecule has 5 nitrogen and oxygen atoms in total. The lowest BCUT2D eigenvalue weighted by Gasteiger charge is -2.06. The van der Waals surface area contributed by atoms with Gasteiger partial charge < -0.3 is 14.5 Å². The Morgan fingerprint density at radius 2 is 2.10 bits per heavy atom. The second kappa shape index (κ2) is 7.05. The number of hydrogen-bond donors (Lipinski definition) is 1. The highest BCUT2D eigenvalue weighted by molar-refractivity contribution is 5.31. The number of aromatic nitrogens is 2. The van der Waals surface area contributed by atoms with Crippen molar-refractivity contribution in [3.8, 4) is 11.8 Å². The number of aryl methyl sites for hydroxylation is 2. The van der Waals surface area contributed by atoms with Gasteiger partial charge in [0.05, 0.1) is 11.4 Å². The van der Waals surface area contributed by atoms with E-state index >= 15 is 0 Å². The highest BCUT2D eigenvalue weighted by Crippen LogP contribution is 2.24. The normalized spacial score (nSPS) is 10.8. The molecular formula is C15H21N3O2. The average Bonchev–Trinajstić information content (AvgIpc) is 2.89. The fourth-order valence-electron chi connectivity index (χ4n) is 1.85. The van der Waals surface area contributed by atoms with E-state index < -0.39 is 0 Å². The van der Waals surface area contributed by atoms with Crippen molar-refractivity contribution in [2.75, 3.05) is 6.54 Å². The molecule has 2 aromatic heterocycles. The number of hydrogen-bond acceptors (Lipinski definition) is 5. The number of nitrogens with one attached hydrogen (secondary N) is 1. The summed E-state index contributed by atoms with van der Waals surface area (Å²) in [6, 6.07) is 3.82. The van der Waals surface area contributed by atoms with E-state index in [0.29, 0.717) is 12.3 Å². The minimum absolute atomic E-state index is 0.263. The van der Waals surface area contributed by atoms with Gasteiger partial charge in [-0.1, -0.05) is 13.8 Å². The summed E-state index contributed by atoms with van der Waals surface area (Å²) in [6.45, 7) is 7.79. The zero-order chi connectivity index (χ0) is 14.4. The summed E-state index contributed by atoms with van der Waals surface area (Å²) in [5, 5.41) is 3.27. The van der Waals surface area contributed by atoms with Crippen LogP contribution >= 0.6 is 0 Å². The van der Waals surface area contributed by atoms with Crippen LogP contribution in [0.4, 0.5) is 0 Å². The maximum atomic E-state index is 5.67. The Labute approximate surface area is 119 Å². The summed E-state index contributed by atoms with van der Waals surface area (Å²) in [5.74, 6) is 0.702. The lowest BCUT2D eigenvalue weighted by molar-refractivity contribution is 0.327. The molecule has 2 heterocycles. The standard InChI is InChI=1S/C15H21N3O2/c1-4-8-16-9-12-10-19-15(18-12)20-14-7-6-11(3)17-13(14)5-2/h6-7,10,16H,4-5,8-9H2,1-3H3. The van der Waals surface area contributed by atoms with Gasteiger partial charge in [0.2, 0.25) is 0 Å². The van der Waals surface area contributed by atoms with Crippen LogP contribution in [0.25, 0.3) is 0 Å². The Kier molecular flexibility index (Phi) is 5.12. The van der Waals surface area contributed by atoms with Crippen LogP contribution in [0, 0.1) is 6.92 Å². The van der Waals surface area contributed by atoms with E-state index in [1.165, 1.54) is 0 Å². The summed E-state index contributed by atoms with van der Waals surface area (Å²) in [7, 11) is 0. The molecule has 0 spiro atoms. The molecule has 0 radical (unpaired) electrons. The highest BCUT2D eigenvalue weighted by Gasteiger charge is 2.10. The molecule has 108 valence electrons. The van der Waals surface area contributed by atoms with Crippen LogP contribution in [0.5, 0.6) is 11.8 Å². The number of ether oxygens (including phenoxy) is 1. The second-order valence-electron chi connectivity index (χ2n) is 4.63. The fraction of sp³-hybridized carbons (Fsp3) is 0.467. The molecule has 0 unspecified atom stereocenters. The van der Waals surface area contributed by atoms with E-state index in [4.69, 9.17) is 9.15 Å². The summed E-state index contributed by atoms with van der Waals surface area (Å²) in [5.41, 5.74) is 2.73. The SMILES string of the molecule is CCCNCc1coc(Oc2ccc(C)nc2CC)n1. The fourth-order valence-corrected chi connectivity index (χ4v) is 1.85. The first kappa shape index (κ1) is 14.5. The van der Waals surface area contributed by atoms with Crippen LogP contribution in [0.3, 0.4) is 0 Å². The van der Waals surface area contributed by atoms with Gasteiger partial charge in [0, 0.05) is 12.2 Å². The van der Waals surface area contributed by atoms with Crippen molar-refractivity contribution in [1.29, 1.82) is 0 Å². The molecular weight excluding hydrogens is 254 g/mol. The summed E-state index contributed by atoms with van der Waals surface area (Å²) >= 11 is 0. The maximum absolute atomic E-state index is 5.67. The number of oxazole rings is 1. The van der Waals surface area contributed by atoms with Gasteiger partial charge in [0.15, 0.2) is 5.75 Å². The maximum Gasteiger partial charge on any atom is 0.399 e. The molecule has 0 aliphatic heterocycles. The summed E-state index contributed by atoms with van der Waals surface area (Å²) < 4.78 is 11.0. The van der Waals surface area contributed by atoms with E-state index in [1.54, 1.807) is 6.26 Å². The molecule has 0 atom stereocenters. The topological polar surface area (TPSA) is 60.2 Å². The van der Waals surface area contributed by atoms with Gasteiger partial charge in [-0.3, -0.25) is 4.98 Å². The van der Waals surface area contributed by atoms with Crippen molar-refractivity contribution in [2.45, 2.75) is 40.2 Å². The molecule has 2 aromatic rings. The third kappa shape index (κ3) is 3.81. The van der Waals surface area contributed by atoms with Gasteiger partial charge in [-0.05, 0) is 38.4 Å². The van der Waals surface area contributed by atoms with Crippen molar-refractivity contribution < 1.29 is 9.15 Å². The first-order chi connectivity index (χ1) is 9.72. The molecule has 1 N–H and O–H groups in total. The van der Waals surface area contributed by atoms with E-state index in [1.807, 2.05) is 26.0 Å². The van der Waals surface area contributed by atoms with Gasteiger partial charge in [0.25, 0.3) is 0 Å². The smallest absolute Gasteiger partial charge is 0.399 e. The molecule has 0 saturated carbocycles. The molecule has 5 heteroatoms. The highest BCUT2D eigenvalue weighted by atomic mass is 16.6. The monoisotopic (exact) mass is 275 g/mol. The van der Waals surface area contributed by atoms with Crippen molar-refractivity contribution in [3.63, 3.8) is 0 Å². The molecule has 0 aliphatic rings. The van der Waals surface area contributed by atoms with Crippen molar-refractivity contribution >= 4 is 0 Å². The van der Waals surface area contributed by atoms with E-state index in [2.05, 4.69) is 22.2 Å². The third-order valence-corrected chi connectivity index (χ3v) is 2.87. The van der Waals surface area contributed by atoms with Crippen LogP contribution in [-0.2, 0) is 13.0 Å². The molecule has 0 amide bonds. The minimum Gasteiger partial charge on any atom is -0.417 e. The first-order valence-electron chi connectivity index (χ1n) is 7.02. The van der Waals surface area contributed by atoms with Crippen LogP contribution in [0.15, 0.2) is 22.8 Å². The van der Waals surface area contributed by atoms with Crippen LogP contribution < -0.4 is 10.1 Å². The van der Waals surface area contributed by atoms with Gasteiger partial charge >= 0.3 is 6.08 Å². The molecule has 0 fully saturated rings. The summed E-state index contributed by atoms with van der Waals surface area (Å²) in [4.78, 5) is 8.74. The number of pyridine rings is 1. The van der Waals surface area contributed by atoms with E-state index in [9.17, 15) is 0 Å². The molecule has 0 aliphatic carbocycles. The third-order valence-electron chi connectivity index (χ3n) is 2.87. The molecule has 0 aromatic carbocycles. The Bertz CT molecular complexity index is 552. The van der Waals surface area contributed by atoms with Crippen molar-refractivity contribution in [1.82, 2.24) is 15.3 Å². The predicted molar refractivity (Wildman–Crippen MR) is 76.9 cm³/mol. The quantitative estimate of drug-likeness (QED) is 0.786. The van der Waals surface area contributed by atoms with E-state index in [-0.39, 0.29) is 6.08 Å². The Balaban J connectivity index is 2.03. The average molecular weight is 275 g/mol. The number of rotatable bonds is 7. The Hall–Kier alpha value is -1.88. The molecule has 2 rings (SSSR count). The van der Waals surface area contributed by atoms with Gasteiger partial charge in [-0.15, -0.1) is 0 Å². The Morgan fingerprint density at radius 1 is 1.25 bits per heavy atom. The van der Waals surface area contributed by atoms with E-state index in [0.717, 1.165) is 36.5 Å². The zero-order valence-electron chi connectivity index (χ0n) is 12.3. The van der Waals surface area contributed by atoms with Gasteiger partial charge in [-0.25, -0.2) is 0 Å². The lowest BCUT2D eigenvalue weighted by Crippen LogP contribution is -2.13. The number of nitrogens with zero attached hydrogens (tertiary/aromatic N) is 2. The molecule has 0 saturated heterocycles. The first-order valence-corrected chi connectivity index (χ1v) is 7.02. The molecule has 20 heavy (non-hydrogen) atoms. The lowest BCUT2D eigenvalue weighted by atomic mass is 10.2. The second-order valence-corrected chi connectivity index (χ2v) is 4.63. The zero-order valence-corrected chi connectivity index (χ0v) is 12.3. The summed E-state index contributed by atoms with van der Waals surface area (Å²) in [6.07, 6.45) is 3.78.